The van der Waals surface area contributed by atoms with E-state index in [1.165, 1.54) is 25.7 Å². The summed E-state index contributed by atoms with van der Waals surface area (Å²) in [4.78, 5) is 0. The molecule has 0 heterocycles. The maximum absolute atomic E-state index is 8.72. The third kappa shape index (κ3) is 5.59. The van der Waals surface area contributed by atoms with Crippen LogP contribution in [0, 0.1) is 11.8 Å². The summed E-state index contributed by atoms with van der Waals surface area (Å²) >= 11 is 0. The molecule has 0 saturated carbocycles. The second-order valence-electron chi connectivity index (χ2n) is 3.88. The van der Waals surface area contributed by atoms with Gasteiger partial charge < -0.3 is 5.11 Å². The van der Waals surface area contributed by atoms with Gasteiger partial charge in [-0.3, -0.25) is 0 Å². The van der Waals surface area contributed by atoms with Crippen LogP contribution in [0.3, 0.4) is 0 Å². The van der Waals surface area contributed by atoms with E-state index in [9.17, 15) is 0 Å². The summed E-state index contributed by atoms with van der Waals surface area (Å²) < 4.78 is 0. The predicted octanol–water partition coefficient (Wildman–Crippen LogP) is 3.22. The Morgan fingerprint density at radius 3 is 2.00 bits per heavy atom. The summed E-state index contributed by atoms with van der Waals surface area (Å²) in [6.07, 6.45) is 6.21. The Bertz CT molecular complexity index is 87.0. The second kappa shape index (κ2) is 7.60. The van der Waals surface area contributed by atoms with Crippen LogP contribution in [0.1, 0.15) is 52.9 Å². The average Bonchev–Trinajstić information content (AvgIpc) is 2.07. The molecule has 1 heteroatoms. The first-order chi connectivity index (χ1) is 5.74. The molecule has 0 aromatic carbocycles. The van der Waals surface area contributed by atoms with E-state index in [-0.39, 0.29) is 0 Å². The van der Waals surface area contributed by atoms with Gasteiger partial charge >= 0.3 is 0 Å². The lowest BCUT2D eigenvalue weighted by Gasteiger charge is -2.15. The number of hydrogen-bond donors (Lipinski definition) is 1. The smallest absolute Gasteiger partial charge is 0.0433 e. The van der Waals surface area contributed by atoms with Gasteiger partial charge in [0, 0.05) is 6.61 Å². The van der Waals surface area contributed by atoms with E-state index >= 15 is 0 Å². The van der Waals surface area contributed by atoms with Gasteiger partial charge in [-0.1, -0.05) is 46.5 Å². The standard InChI is InChI=1S/C11H24O/c1-4-11(5-2)7-6-10(3)8-9-12/h10-12H,4-9H2,1-3H3. The summed E-state index contributed by atoms with van der Waals surface area (Å²) in [6, 6.07) is 0. The van der Waals surface area contributed by atoms with Crippen molar-refractivity contribution in [3.63, 3.8) is 0 Å². The normalized spacial score (nSPS) is 13.8. The van der Waals surface area contributed by atoms with Crippen molar-refractivity contribution < 1.29 is 5.11 Å². The van der Waals surface area contributed by atoms with Gasteiger partial charge in [0.1, 0.15) is 0 Å². The largest absolute Gasteiger partial charge is 0.396 e. The highest BCUT2D eigenvalue weighted by Crippen LogP contribution is 2.19. The molecular weight excluding hydrogens is 148 g/mol. The molecule has 0 radical (unpaired) electrons. The molecule has 0 amide bonds. The van der Waals surface area contributed by atoms with Crippen LogP contribution in [0.15, 0.2) is 0 Å². The average molecular weight is 172 g/mol. The number of rotatable bonds is 7. The first kappa shape index (κ1) is 12.0. The zero-order valence-electron chi connectivity index (χ0n) is 8.84. The van der Waals surface area contributed by atoms with Crippen LogP contribution in [-0.2, 0) is 0 Å². The summed E-state index contributed by atoms with van der Waals surface area (Å²) in [5.74, 6) is 1.61. The van der Waals surface area contributed by atoms with Gasteiger partial charge in [0.2, 0.25) is 0 Å². The fourth-order valence-corrected chi connectivity index (χ4v) is 1.58. The minimum absolute atomic E-state index is 0.351. The number of hydrogen-bond acceptors (Lipinski definition) is 1. The molecule has 0 fully saturated rings. The predicted molar refractivity (Wildman–Crippen MR) is 54.2 cm³/mol. The molecule has 1 unspecified atom stereocenters. The highest BCUT2D eigenvalue weighted by molar-refractivity contribution is 4.59. The summed E-state index contributed by atoms with van der Waals surface area (Å²) in [7, 11) is 0. The molecule has 1 atom stereocenters. The molecule has 1 N–H and O–H groups in total. The minimum atomic E-state index is 0.351. The van der Waals surface area contributed by atoms with Crippen LogP contribution < -0.4 is 0 Å². The Balaban J connectivity index is 3.37. The monoisotopic (exact) mass is 172 g/mol. The van der Waals surface area contributed by atoms with E-state index in [1.54, 1.807) is 0 Å². The van der Waals surface area contributed by atoms with Gasteiger partial charge in [-0.25, -0.2) is 0 Å². The van der Waals surface area contributed by atoms with Crippen LogP contribution in [0.25, 0.3) is 0 Å². The topological polar surface area (TPSA) is 20.2 Å². The molecular formula is C11H24O. The molecule has 74 valence electrons. The van der Waals surface area contributed by atoms with Gasteiger partial charge in [0.05, 0.1) is 0 Å². The van der Waals surface area contributed by atoms with Crippen molar-refractivity contribution in [2.75, 3.05) is 6.61 Å². The van der Waals surface area contributed by atoms with Crippen molar-refractivity contribution >= 4 is 0 Å². The first-order valence-electron chi connectivity index (χ1n) is 5.35. The molecule has 0 saturated heterocycles. The molecule has 0 aromatic rings. The van der Waals surface area contributed by atoms with Crippen molar-refractivity contribution in [2.24, 2.45) is 11.8 Å². The van der Waals surface area contributed by atoms with E-state index in [0.29, 0.717) is 12.5 Å². The van der Waals surface area contributed by atoms with Crippen LogP contribution in [0.2, 0.25) is 0 Å². The Morgan fingerprint density at radius 1 is 1.00 bits per heavy atom. The van der Waals surface area contributed by atoms with Crippen LogP contribution in [-0.4, -0.2) is 11.7 Å². The number of aliphatic hydroxyl groups excluding tert-OH is 1. The van der Waals surface area contributed by atoms with E-state index in [0.717, 1.165) is 12.3 Å². The molecule has 0 aliphatic rings. The minimum Gasteiger partial charge on any atom is -0.396 e. The second-order valence-corrected chi connectivity index (χ2v) is 3.88. The molecule has 0 aliphatic carbocycles. The van der Waals surface area contributed by atoms with Crippen molar-refractivity contribution in [3.05, 3.63) is 0 Å². The molecule has 0 aromatic heterocycles. The van der Waals surface area contributed by atoms with Crippen molar-refractivity contribution in [1.29, 1.82) is 0 Å². The molecule has 12 heavy (non-hydrogen) atoms. The fraction of sp³-hybridized carbons (Fsp3) is 1.00. The molecule has 0 rings (SSSR count). The lowest BCUT2D eigenvalue weighted by molar-refractivity contribution is 0.251. The SMILES string of the molecule is CCC(CC)CCC(C)CCO. The molecule has 0 aliphatic heterocycles. The zero-order valence-corrected chi connectivity index (χ0v) is 8.84. The lowest BCUT2D eigenvalue weighted by Crippen LogP contribution is -2.03. The van der Waals surface area contributed by atoms with E-state index < -0.39 is 0 Å². The zero-order chi connectivity index (χ0) is 9.40. The molecule has 1 nitrogen and oxygen atoms in total. The van der Waals surface area contributed by atoms with Crippen molar-refractivity contribution in [3.8, 4) is 0 Å². The van der Waals surface area contributed by atoms with Crippen LogP contribution in [0.4, 0.5) is 0 Å². The van der Waals surface area contributed by atoms with E-state index in [2.05, 4.69) is 20.8 Å². The maximum Gasteiger partial charge on any atom is 0.0433 e. The fourth-order valence-electron chi connectivity index (χ4n) is 1.58. The van der Waals surface area contributed by atoms with Crippen LogP contribution in [0.5, 0.6) is 0 Å². The quantitative estimate of drug-likeness (QED) is 0.625. The summed E-state index contributed by atoms with van der Waals surface area (Å²) in [5, 5.41) is 8.72. The lowest BCUT2D eigenvalue weighted by atomic mass is 9.92. The molecule has 0 spiro atoms. The highest BCUT2D eigenvalue weighted by Gasteiger charge is 2.06. The third-order valence-corrected chi connectivity index (χ3v) is 2.84. The van der Waals surface area contributed by atoms with Gasteiger partial charge in [-0.05, 0) is 18.3 Å². The van der Waals surface area contributed by atoms with Crippen LogP contribution >= 0.6 is 0 Å². The van der Waals surface area contributed by atoms with Gasteiger partial charge in [0.25, 0.3) is 0 Å². The molecule has 0 bridgehead atoms. The number of aliphatic hydroxyl groups is 1. The van der Waals surface area contributed by atoms with Gasteiger partial charge in [-0.2, -0.15) is 0 Å². The Labute approximate surface area is 77.2 Å². The highest BCUT2D eigenvalue weighted by atomic mass is 16.2. The van der Waals surface area contributed by atoms with E-state index in [4.69, 9.17) is 5.11 Å². The maximum atomic E-state index is 8.72. The Hall–Kier alpha value is -0.0400. The van der Waals surface area contributed by atoms with Crippen molar-refractivity contribution in [2.45, 2.75) is 52.9 Å². The summed E-state index contributed by atoms with van der Waals surface area (Å²) in [6.45, 7) is 7.12. The van der Waals surface area contributed by atoms with Crippen molar-refractivity contribution in [1.82, 2.24) is 0 Å². The summed E-state index contributed by atoms with van der Waals surface area (Å²) in [5.41, 5.74) is 0. The Kier molecular flexibility index (Phi) is 7.58. The van der Waals surface area contributed by atoms with E-state index in [1.807, 2.05) is 0 Å². The first-order valence-corrected chi connectivity index (χ1v) is 5.35. The Morgan fingerprint density at radius 2 is 1.58 bits per heavy atom. The third-order valence-electron chi connectivity index (χ3n) is 2.84. The van der Waals surface area contributed by atoms with Gasteiger partial charge in [0.15, 0.2) is 0 Å². The van der Waals surface area contributed by atoms with Gasteiger partial charge in [-0.15, -0.1) is 0 Å².